The van der Waals surface area contributed by atoms with Crippen molar-refractivity contribution in [2.24, 2.45) is 0 Å². The molecule has 0 fully saturated rings. The summed E-state index contributed by atoms with van der Waals surface area (Å²) in [6.07, 6.45) is 1.29. The van der Waals surface area contributed by atoms with E-state index in [0.29, 0.717) is 32.7 Å². The highest BCUT2D eigenvalue weighted by Crippen LogP contribution is 2.02. The molecule has 0 aliphatic carbocycles. The quantitative estimate of drug-likeness (QED) is 0.467. The summed E-state index contributed by atoms with van der Waals surface area (Å²) in [6.45, 7) is 5.65. The van der Waals surface area contributed by atoms with Crippen LogP contribution in [0.5, 0.6) is 0 Å². The van der Waals surface area contributed by atoms with E-state index in [9.17, 15) is 8.42 Å². The van der Waals surface area contributed by atoms with Gasteiger partial charge in [0, 0.05) is 23.9 Å². The van der Waals surface area contributed by atoms with Crippen LogP contribution in [-0.2, 0) is 18.5 Å². The Hall–Kier alpha value is 0.160. The summed E-state index contributed by atoms with van der Waals surface area (Å²) in [4.78, 5) is 0. The predicted octanol–water partition coefficient (Wildman–Crippen LogP) is 1.78. The fourth-order valence-electron chi connectivity index (χ4n) is 0.993. The number of hydrogen-bond donors (Lipinski definition) is 0. The van der Waals surface area contributed by atoms with Gasteiger partial charge in [0.05, 0.1) is 18.5 Å². The lowest BCUT2D eigenvalue weighted by Crippen LogP contribution is -2.16. The smallest absolute Gasteiger partial charge is 0.232 e. The van der Waals surface area contributed by atoms with Gasteiger partial charge in [-0.05, 0) is 26.7 Å². The highest BCUT2D eigenvalue weighted by Gasteiger charge is 2.05. The standard InChI is InChI=1S/C9H19ClO4S/c1-3-13-8-9(2)14-6-4-5-7-15(10,11)12/h9H,3-8H2,1-2H3. The Morgan fingerprint density at radius 1 is 1.33 bits per heavy atom. The molecule has 0 heterocycles. The lowest BCUT2D eigenvalue weighted by Gasteiger charge is -2.12. The monoisotopic (exact) mass is 258 g/mol. The fraction of sp³-hybridized carbons (Fsp3) is 1.00. The molecular formula is C9H19ClO4S. The molecular weight excluding hydrogens is 240 g/mol. The van der Waals surface area contributed by atoms with Gasteiger partial charge in [-0.3, -0.25) is 0 Å². The zero-order valence-corrected chi connectivity index (χ0v) is 10.8. The summed E-state index contributed by atoms with van der Waals surface area (Å²) in [5.41, 5.74) is 0. The second-order valence-electron chi connectivity index (χ2n) is 3.29. The molecule has 0 N–H and O–H groups in total. The first-order chi connectivity index (χ1) is 6.95. The van der Waals surface area contributed by atoms with E-state index in [0.717, 1.165) is 0 Å². The first kappa shape index (κ1) is 15.2. The third-order valence-electron chi connectivity index (χ3n) is 1.74. The Morgan fingerprint density at radius 2 is 2.00 bits per heavy atom. The Labute approximate surface area is 96.3 Å². The Morgan fingerprint density at radius 3 is 2.53 bits per heavy atom. The Bertz CT molecular complexity index is 240. The molecule has 0 aliphatic heterocycles. The molecule has 0 rings (SSSR count). The van der Waals surface area contributed by atoms with E-state index in [-0.39, 0.29) is 11.9 Å². The third kappa shape index (κ3) is 12.1. The average Bonchev–Trinajstić information content (AvgIpc) is 2.12. The minimum atomic E-state index is -3.35. The molecule has 1 atom stereocenters. The lowest BCUT2D eigenvalue weighted by atomic mass is 10.3. The Balaban J connectivity index is 3.31. The number of rotatable bonds is 9. The van der Waals surface area contributed by atoms with Crippen molar-refractivity contribution in [1.82, 2.24) is 0 Å². The van der Waals surface area contributed by atoms with E-state index < -0.39 is 9.05 Å². The van der Waals surface area contributed by atoms with Gasteiger partial charge in [0.25, 0.3) is 0 Å². The largest absolute Gasteiger partial charge is 0.379 e. The van der Waals surface area contributed by atoms with Crippen LogP contribution in [0.15, 0.2) is 0 Å². The lowest BCUT2D eigenvalue weighted by molar-refractivity contribution is -0.00413. The highest BCUT2D eigenvalue weighted by atomic mass is 35.7. The minimum Gasteiger partial charge on any atom is -0.379 e. The predicted molar refractivity (Wildman–Crippen MR) is 60.8 cm³/mol. The van der Waals surface area contributed by atoms with Crippen molar-refractivity contribution in [2.45, 2.75) is 32.8 Å². The first-order valence-corrected chi connectivity index (χ1v) is 7.55. The summed E-state index contributed by atoms with van der Waals surface area (Å²) in [5.74, 6) is 0.0117. The normalized spacial score (nSPS) is 14.1. The molecule has 0 aromatic carbocycles. The number of ether oxygens (including phenoxy) is 2. The van der Waals surface area contributed by atoms with E-state index in [1.54, 1.807) is 0 Å². The number of hydrogen-bond acceptors (Lipinski definition) is 4. The van der Waals surface area contributed by atoms with E-state index >= 15 is 0 Å². The first-order valence-electron chi connectivity index (χ1n) is 5.07. The number of halogens is 1. The maximum atomic E-state index is 10.6. The molecule has 6 heteroatoms. The van der Waals surface area contributed by atoms with Gasteiger partial charge in [-0.2, -0.15) is 0 Å². The topological polar surface area (TPSA) is 52.6 Å². The molecule has 0 saturated heterocycles. The molecule has 0 saturated carbocycles. The second-order valence-corrected chi connectivity index (χ2v) is 6.19. The maximum Gasteiger partial charge on any atom is 0.232 e. The SMILES string of the molecule is CCOCC(C)OCCCCS(=O)(=O)Cl. The zero-order valence-electron chi connectivity index (χ0n) is 9.24. The minimum absolute atomic E-state index is 0.0117. The van der Waals surface area contributed by atoms with Crippen molar-refractivity contribution in [2.75, 3.05) is 25.6 Å². The van der Waals surface area contributed by atoms with E-state index in [1.807, 2.05) is 13.8 Å². The van der Waals surface area contributed by atoms with E-state index in [2.05, 4.69) is 0 Å². The van der Waals surface area contributed by atoms with Crippen molar-refractivity contribution in [1.29, 1.82) is 0 Å². The molecule has 0 aromatic heterocycles. The summed E-state index contributed by atoms with van der Waals surface area (Å²) < 4.78 is 31.7. The van der Waals surface area contributed by atoms with Crippen molar-refractivity contribution in [3.8, 4) is 0 Å². The highest BCUT2D eigenvalue weighted by molar-refractivity contribution is 8.13. The summed E-state index contributed by atoms with van der Waals surface area (Å²) in [7, 11) is 1.71. The molecule has 0 bridgehead atoms. The van der Waals surface area contributed by atoms with Crippen molar-refractivity contribution in [3.63, 3.8) is 0 Å². The van der Waals surface area contributed by atoms with Crippen molar-refractivity contribution in [3.05, 3.63) is 0 Å². The average molecular weight is 259 g/mol. The van der Waals surface area contributed by atoms with E-state index in [4.69, 9.17) is 20.2 Å². The molecule has 0 aromatic rings. The van der Waals surface area contributed by atoms with Crippen LogP contribution in [0, 0.1) is 0 Å². The molecule has 0 aliphatic rings. The molecule has 0 radical (unpaired) electrons. The fourth-order valence-corrected chi connectivity index (χ4v) is 1.87. The summed E-state index contributed by atoms with van der Waals surface area (Å²) in [6, 6.07) is 0. The van der Waals surface area contributed by atoms with Crippen LogP contribution in [-0.4, -0.2) is 40.1 Å². The van der Waals surface area contributed by atoms with Gasteiger partial charge in [-0.15, -0.1) is 0 Å². The van der Waals surface area contributed by atoms with Crippen LogP contribution in [0.4, 0.5) is 0 Å². The summed E-state index contributed by atoms with van der Waals surface area (Å²) in [5, 5.41) is 0. The number of unbranched alkanes of at least 4 members (excludes halogenated alkanes) is 1. The van der Waals surface area contributed by atoms with Gasteiger partial charge >= 0.3 is 0 Å². The van der Waals surface area contributed by atoms with Gasteiger partial charge in [0.15, 0.2) is 0 Å². The zero-order chi connectivity index (χ0) is 11.7. The van der Waals surface area contributed by atoms with Crippen LogP contribution in [0.25, 0.3) is 0 Å². The van der Waals surface area contributed by atoms with Gasteiger partial charge < -0.3 is 9.47 Å². The molecule has 92 valence electrons. The molecule has 0 amide bonds. The summed E-state index contributed by atoms with van der Waals surface area (Å²) >= 11 is 0. The van der Waals surface area contributed by atoms with Gasteiger partial charge in [-0.25, -0.2) is 8.42 Å². The maximum absolute atomic E-state index is 10.6. The van der Waals surface area contributed by atoms with Crippen molar-refractivity contribution < 1.29 is 17.9 Å². The third-order valence-corrected chi connectivity index (χ3v) is 2.98. The molecule has 15 heavy (non-hydrogen) atoms. The van der Waals surface area contributed by atoms with Crippen LogP contribution in [0.1, 0.15) is 26.7 Å². The van der Waals surface area contributed by atoms with Gasteiger partial charge in [-0.1, -0.05) is 0 Å². The van der Waals surface area contributed by atoms with Gasteiger partial charge in [0.2, 0.25) is 9.05 Å². The van der Waals surface area contributed by atoms with Crippen LogP contribution < -0.4 is 0 Å². The van der Waals surface area contributed by atoms with Crippen LogP contribution >= 0.6 is 10.7 Å². The van der Waals surface area contributed by atoms with Gasteiger partial charge in [0.1, 0.15) is 0 Å². The second kappa shape index (κ2) is 8.33. The van der Waals surface area contributed by atoms with E-state index in [1.165, 1.54) is 0 Å². The Kier molecular flexibility index (Phi) is 8.42. The van der Waals surface area contributed by atoms with Crippen LogP contribution in [0.2, 0.25) is 0 Å². The molecule has 4 nitrogen and oxygen atoms in total. The molecule has 0 spiro atoms. The van der Waals surface area contributed by atoms with Crippen molar-refractivity contribution >= 4 is 19.7 Å². The van der Waals surface area contributed by atoms with Crippen LogP contribution in [0.3, 0.4) is 0 Å². The molecule has 1 unspecified atom stereocenters.